The summed E-state index contributed by atoms with van der Waals surface area (Å²) in [6.45, 7) is 2.57. The number of carboxylic acids is 1. The first-order valence-electron chi connectivity index (χ1n) is 5.15. The molecule has 5 heteroatoms. The zero-order chi connectivity index (χ0) is 11.7. The molecular weight excluding hydrogens is 210 g/mol. The van der Waals surface area contributed by atoms with Crippen LogP contribution in [-0.2, 0) is 4.79 Å². The van der Waals surface area contributed by atoms with E-state index in [0.29, 0.717) is 6.54 Å². The lowest BCUT2D eigenvalue weighted by molar-refractivity contribution is -0.142. The van der Waals surface area contributed by atoms with E-state index < -0.39 is 11.9 Å². The maximum absolute atomic E-state index is 11.9. The summed E-state index contributed by atoms with van der Waals surface area (Å²) in [5.41, 5.74) is 0. The van der Waals surface area contributed by atoms with Crippen LogP contribution in [0.4, 0.5) is 0 Å². The predicted octanol–water partition coefficient (Wildman–Crippen LogP) is 1.07. The van der Waals surface area contributed by atoms with Gasteiger partial charge in [-0.15, -0.1) is 0 Å². The lowest BCUT2D eigenvalue weighted by Gasteiger charge is -2.13. The lowest BCUT2D eigenvalue weighted by atomic mass is 9.99. The van der Waals surface area contributed by atoms with E-state index in [0.717, 1.165) is 0 Å². The molecule has 1 amide bonds. The second kappa shape index (κ2) is 4.00. The van der Waals surface area contributed by atoms with Gasteiger partial charge in [-0.3, -0.25) is 9.59 Å². The molecule has 2 rings (SSSR count). The van der Waals surface area contributed by atoms with E-state index >= 15 is 0 Å². The maximum Gasteiger partial charge on any atom is 0.308 e. The summed E-state index contributed by atoms with van der Waals surface area (Å²) in [5.74, 6) is -1.31. The maximum atomic E-state index is 11.9. The summed E-state index contributed by atoms with van der Waals surface area (Å²) in [4.78, 5) is 24.3. The average molecular weight is 223 g/mol. The Kier molecular flexibility index (Phi) is 2.68. The molecule has 0 unspecified atom stereocenters. The summed E-state index contributed by atoms with van der Waals surface area (Å²) in [6.07, 6.45) is 1.43. The number of carbonyl (C=O) groups excluding carboxylic acids is 1. The highest BCUT2D eigenvalue weighted by molar-refractivity contribution is 5.92. The Hall–Kier alpha value is -1.78. The van der Waals surface area contributed by atoms with E-state index in [9.17, 15) is 9.59 Å². The van der Waals surface area contributed by atoms with Crippen molar-refractivity contribution in [1.82, 2.24) is 4.90 Å². The fraction of sp³-hybridized carbons (Fsp3) is 0.455. The zero-order valence-electron chi connectivity index (χ0n) is 8.92. The number of hydrogen-bond donors (Lipinski definition) is 1. The molecule has 0 bridgehead atoms. The first kappa shape index (κ1) is 10.7. The van der Waals surface area contributed by atoms with Gasteiger partial charge in [-0.1, -0.05) is 6.92 Å². The number of nitrogens with zero attached hydrogens (tertiary/aromatic N) is 1. The van der Waals surface area contributed by atoms with Crippen LogP contribution in [0.2, 0.25) is 0 Å². The average Bonchev–Trinajstić information content (AvgIpc) is 2.84. The number of aliphatic carboxylic acids is 1. The molecule has 1 fully saturated rings. The van der Waals surface area contributed by atoms with Crippen LogP contribution in [0.1, 0.15) is 17.5 Å². The minimum Gasteiger partial charge on any atom is -0.481 e. The van der Waals surface area contributed by atoms with Gasteiger partial charge in [-0.05, 0) is 18.1 Å². The normalized spacial score (nSPS) is 24.7. The first-order valence-corrected chi connectivity index (χ1v) is 5.15. The Morgan fingerprint density at radius 3 is 2.75 bits per heavy atom. The summed E-state index contributed by atoms with van der Waals surface area (Å²) in [5, 5.41) is 8.95. The van der Waals surface area contributed by atoms with Crippen LogP contribution < -0.4 is 0 Å². The Bertz CT molecular complexity index is 398. The highest BCUT2D eigenvalue weighted by Gasteiger charge is 2.37. The molecule has 86 valence electrons. The number of carbonyl (C=O) groups is 2. The third-order valence-corrected chi connectivity index (χ3v) is 2.95. The fourth-order valence-corrected chi connectivity index (χ4v) is 2.01. The molecule has 16 heavy (non-hydrogen) atoms. The van der Waals surface area contributed by atoms with Gasteiger partial charge in [0.05, 0.1) is 12.2 Å². The van der Waals surface area contributed by atoms with Crippen LogP contribution in [-0.4, -0.2) is 35.0 Å². The van der Waals surface area contributed by atoms with Crippen molar-refractivity contribution in [3.63, 3.8) is 0 Å². The zero-order valence-corrected chi connectivity index (χ0v) is 8.92. The molecule has 0 aromatic carbocycles. The molecule has 1 N–H and O–H groups in total. The molecule has 2 atom stereocenters. The van der Waals surface area contributed by atoms with Crippen molar-refractivity contribution in [1.29, 1.82) is 0 Å². The largest absolute Gasteiger partial charge is 0.481 e. The molecule has 2 heterocycles. The Morgan fingerprint density at radius 1 is 1.50 bits per heavy atom. The molecular formula is C11H13NO4. The molecule has 1 saturated heterocycles. The van der Waals surface area contributed by atoms with Gasteiger partial charge in [-0.2, -0.15) is 0 Å². The topological polar surface area (TPSA) is 70.8 Å². The Morgan fingerprint density at radius 2 is 2.25 bits per heavy atom. The van der Waals surface area contributed by atoms with Gasteiger partial charge in [0.1, 0.15) is 0 Å². The van der Waals surface area contributed by atoms with E-state index in [2.05, 4.69) is 0 Å². The molecule has 5 nitrogen and oxygen atoms in total. The number of amides is 1. The van der Waals surface area contributed by atoms with Crippen molar-refractivity contribution in [3.8, 4) is 0 Å². The minimum atomic E-state index is -0.845. The number of hydrogen-bond acceptors (Lipinski definition) is 3. The standard InChI is InChI=1S/C11H13NO4/c1-7-5-12(6-8(7)11(14)15)10(13)9-3-2-4-16-9/h2-4,7-8H,5-6H2,1H3,(H,14,15)/t7-,8-/m1/s1. The highest BCUT2D eigenvalue weighted by atomic mass is 16.4. The Balaban J connectivity index is 2.09. The van der Waals surface area contributed by atoms with Crippen LogP contribution in [0, 0.1) is 11.8 Å². The molecule has 1 aromatic rings. The van der Waals surface area contributed by atoms with Gasteiger partial charge in [-0.25, -0.2) is 0 Å². The van der Waals surface area contributed by atoms with Crippen LogP contribution >= 0.6 is 0 Å². The molecule has 1 aliphatic heterocycles. The molecule has 1 aromatic heterocycles. The monoisotopic (exact) mass is 223 g/mol. The summed E-state index contributed by atoms with van der Waals surface area (Å²) in [6, 6.07) is 3.22. The van der Waals surface area contributed by atoms with Gasteiger partial charge in [0.15, 0.2) is 5.76 Å². The van der Waals surface area contributed by atoms with Crippen LogP contribution in [0.15, 0.2) is 22.8 Å². The quantitative estimate of drug-likeness (QED) is 0.814. The third-order valence-electron chi connectivity index (χ3n) is 2.95. The molecule has 0 spiro atoms. The van der Waals surface area contributed by atoms with Crippen molar-refractivity contribution in [2.24, 2.45) is 11.8 Å². The minimum absolute atomic E-state index is 0.0172. The number of rotatable bonds is 2. The van der Waals surface area contributed by atoms with E-state index in [-0.39, 0.29) is 24.1 Å². The SMILES string of the molecule is C[C@@H]1CN(C(=O)c2ccco2)C[C@H]1C(=O)O. The first-order chi connectivity index (χ1) is 7.59. The van der Waals surface area contributed by atoms with E-state index in [1.807, 2.05) is 6.92 Å². The van der Waals surface area contributed by atoms with E-state index in [1.165, 1.54) is 11.2 Å². The van der Waals surface area contributed by atoms with Gasteiger partial charge >= 0.3 is 5.97 Å². The lowest BCUT2D eigenvalue weighted by Crippen LogP contribution is -2.29. The number of carboxylic acid groups (broad SMARTS) is 1. The van der Waals surface area contributed by atoms with Crippen molar-refractivity contribution in [2.45, 2.75) is 6.92 Å². The van der Waals surface area contributed by atoms with Crippen LogP contribution in [0.5, 0.6) is 0 Å². The number of likely N-dealkylation sites (tertiary alicyclic amines) is 1. The summed E-state index contributed by atoms with van der Waals surface area (Å²) in [7, 11) is 0. The number of furan rings is 1. The molecule has 0 saturated carbocycles. The van der Waals surface area contributed by atoms with Gasteiger partial charge in [0.2, 0.25) is 0 Å². The molecule has 0 aliphatic carbocycles. The van der Waals surface area contributed by atoms with Gasteiger partial charge in [0, 0.05) is 13.1 Å². The van der Waals surface area contributed by atoms with E-state index in [4.69, 9.17) is 9.52 Å². The predicted molar refractivity (Wildman–Crippen MR) is 54.9 cm³/mol. The highest BCUT2D eigenvalue weighted by Crippen LogP contribution is 2.24. The second-order valence-electron chi connectivity index (χ2n) is 4.11. The van der Waals surface area contributed by atoms with Crippen molar-refractivity contribution >= 4 is 11.9 Å². The van der Waals surface area contributed by atoms with Crippen LogP contribution in [0.25, 0.3) is 0 Å². The third kappa shape index (κ3) is 1.80. The smallest absolute Gasteiger partial charge is 0.308 e. The Labute approximate surface area is 92.7 Å². The van der Waals surface area contributed by atoms with Crippen molar-refractivity contribution in [3.05, 3.63) is 24.2 Å². The van der Waals surface area contributed by atoms with E-state index in [1.54, 1.807) is 12.1 Å². The molecule has 1 aliphatic rings. The van der Waals surface area contributed by atoms with Crippen LogP contribution in [0.3, 0.4) is 0 Å². The van der Waals surface area contributed by atoms with Gasteiger partial charge in [0.25, 0.3) is 5.91 Å². The van der Waals surface area contributed by atoms with Crippen molar-refractivity contribution < 1.29 is 19.1 Å². The summed E-state index contributed by atoms with van der Waals surface area (Å²) < 4.78 is 5.00. The van der Waals surface area contributed by atoms with Gasteiger partial charge < -0.3 is 14.4 Å². The fourth-order valence-electron chi connectivity index (χ4n) is 2.01. The summed E-state index contributed by atoms with van der Waals surface area (Å²) >= 11 is 0. The molecule has 0 radical (unpaired) electrons. The van der Waals surface area contributed by atoms with Crippen molar-refractivity contribution in [2.75, 3.05) is 13.1 Å². The second-order valence-corrected chi connectivity index (χ2v) is 4.11.